The van der Waals surface area contributed by atoms with Crippen molar-refractivity contribution in [1.29, 1.82) is 0 Å². The van der Waals surface area contributed by atoms with Gasteiger partial charge in [-0.15, -0.1) is 11.3 Å². The molecule has 0 saturated heterocycles. The van der Waals surface area contributed by atoms with Crippen molar-refractivity contribution >= 4 is 34.7 Å². The van der Waals surface area contributed by atoms with E-state index in [0.717, 1.165) is 10.4 Å². The second kappa shape index (κ2) is 7.82. The quantitative estimate of drug-likeness (QED) is 0.567. The topological polar surface area (TPSA) is 79.1 Å². The molecule has 2 aliphatic heterocycles. The number of thiazole rings is 1. The van der Waals surface area contributed by atoms with Crippen LogP contribution in [0.3, 0.4) is 0 Å². The van der Waals surface area contributed by atoms with Crippen LogP contribution in [0.2, 0.25) is 0 Å². The number of carbonyl (C=O) groups is 1. The number of ether oxygens (including phenoxy) is 3. The van der Waals surface area contributed by atoms with Crippen LogP contribution in [0.15, 0.2) is 56.8 Å². The summed E-state index contributed by atoms with van der Waals surface area (Å²) in [6, 6.07) is 8.80. The lowest BCUT2D eigenvalue weighted by atomic mass is 10.0. The fraction of sp³-hybridized carbons (Fsp3) is 0.227. The number of nitrogens with zero attached hydrogens (tertiary/aromatic N) is 2. The third kappa shape index (κ3) is 3.39. The fourth-order valence-electron chi connectivity index (χ4n) is 3.66. The average Bonchev–Trinajstić information content (AvgIpc) is 3.48. The Hall–Kier alpha value is -3.17. The van der Waals surface area contributed by atoms with Crippen molar-refractivity contribution in [3.05, 3.63) is 77.1 Å². The molecule has 0 spiro atoms. The maximum atomic E-state index is 13.4. The van der Waals surface area contributed by atoms with Gasteiger partial charge < -0.3 is 14.2 Å². The van der Waals surface area contributed by atoms with Gasteiger partial charge in [-0.3, -0.25) is 9.36 Å². The largest absolute Gasteiger partial charge is 0.463 e. The molecule has 9 heteroatoms. The molecular weight excluding hydrogens is 436 g/mol. The Labute approximate surface area is 185 Å². The van der Waals surface area contributed by atoms with Crippen LogP contribution in [-0.4, -0.2) is 23.9 Å². The average molecular weight is 455 g/mol. The van der Waals surface area contributed by atoms with E-state index in [1.807, 2.05) is 35.7 Å². The molecule has 0 unspecified atom stereocenters. The predicted octanol–water partition coefficient (Wildman–Crippen LogP) is 2.59. The number of fused-ring (bicyclic) bond motifs is 2. The highest BCUT2D eigenvalue weighted by atomic mass is 32.1. The molecule has 31 heavy (non-hydrogen) atoms. The predicted molar refractivity (Wildman–Crippen MR) is 117 cm³/mol. The minimum atomic E-state index is -0.561. The third-order valence-electron chi connectivity index (χ3n) is 5.02. The summed E-state index contributed by atoms with van der Waals surface area (Å²) < 4.78 is 18.2. The van der Waals surface area contributed by atoms with E-state index in [1.54, 1.807) is 24.5 Å². The van der Waals surface area contributed by atoms with E-state index >= 15 is 0 Å². The highest BCUT2D eigenvalue weighted by Crippen LogP contribution is 2.34. The molecule has 2 aliphatic rings. The summed E-state index contributed by atoms with van der Waals surface area (Å²) in [4.78, 5) is 32.2. The lowest BCUT2D eigenvalue weighted by Crippen LogP contribution is -2.39. The summed E-state index contributed by atoms with van der Waals surface area (Å²) in [5.74, 6) is 0.886. The van der Waals surface area contributed by atoms with Gasteiger partial charge in [0, 0.05) is 4.88 Å². The van der Waals surface area contributed by atoms with Crippen LogP contribution in [0.1, 0.15) is 30.3 Å². The van der Waals surface area contributed by atoms with Crippen LogP contribution in [0.4, 0.5) is 0 Å². The first-order valence-corrected chi connectivity index (χ1v) is 11.4. The SMILES string of the molecule is CCOC(=O)C1=C(C)N=c2sc(=Cc3ccc4c(c3)OCO4)c(=O)n2[C@@H]1c1cccs1. The maximum Gasteiger partial charge on any atom is 0.338 e. The number of rotatable bonds is 4. The van der Waals surface area contributed by atoms with Crippen molar-refractivity contribution in [2.45, 2.75) is 19.9 Å². The van der Waals surface area contributed by atoms with Gasteiger partial charge in [-0.2, -0.15) is 0 Å². The third-order valence-corrected chi connectivity index (χ3v) is 6.93. The smallest absolute Gasteiger partial charge is 0.338 e. The second-order valence-corrected chi connectivity index (χ2v) is 8.92. The van der Waals surface area contributed by atoms with Crippen LogP contribution >= 0.6 is 22.7 Å². The standard InChI is InChI=1S/C22H18N2O5S2/c1-3-27-21(26)18-12(2)23-22-24(19(18)16-5-4-8-30-16)20(25)17(31-22)10-13-6-7-14-15(9-13)29-11-28-14/h4-10,19H,3,11H2,1-2H3/t19-/m1/s1. The fourth-order valence-corrected chi connectivity index (χ4v) is 5.53. The lowest BCUT2D eigenvalue weighted by molar-refractivity contribution is -0.139. The molecule has 3 aromatic rings. The Morgan fingerprint density at radius 1 is 1.32 bits per heavy atom. The Morgan fingerprint density at radius 2 is 2.16 bits per heavy atom. The van der Waals surface area contributed by atoms with Crippen molar-refractivity contribution in [3.63, 3.8) is 0 Å². The van der Waals surface area contributed by atoms with Gasteiger partial charge in [-0.1, -0.05) is 23.5 Å². The molecule has 4 heterocycles. The first kappa shape index (κ1) is 19.8. The zero-order chi connectivity index (χ0) is 21.5. The van der Waals surface area contributed by atoms with Crippen molar-refractivity contribution in [2.24, 2.45) is 4.99 Å². The van der Waals surface area contributed by atoms with Gasteiger partial charge >= 0.3 is 5.97 Å². The Morgan fingerprint density at radius 3 is 2.94 bits per heavy atom. The van der Waals surface area contributed by atoms with Crippen molar-refractivity contribution in [1.82, 2.24) is 4.57 Å². The molecule has 1 atom stereocenters. The zero-order valence-corrected chi connectivity index (χ0v) is 18.4. The Kier molecular flexibility index (Phi) is 4.99. The highest BCUT2D eigenvalue weighted by molar-refractivity contribution is 7.10. The van der Waals surface area contributed by atoms with Crippen LogP contribution in [0.25, 0.3) is 6.08 Å². The number of thiophene rings is 1. The first-order valence-electron chi connectivity index (χ1n) is 9.69. The molecule has 7 nitrogen and oxygen atoms in total. The molecular formula is C22H18N2O5S2. The van der Waals surface area contributed by atoms with Crippen molar-refractivity contribution in [2.75, 3.05) is 13.4 Å². The molecule has 0 N–H and O–H groups in total. The summed E-state index contributed by atoms with van der Waals surface area (Å²) in [5.41, 5.74) is 1.58. The van der Waals surface area contributed by atoms with Gasteiger partial charge in [0.15, 0.2) is 16.3 Å². The molecule has 2 aromatic heterocycles. The Bertz CT molecular complexity index is 1380. The lowest BCUT2D eigenvalue weighted by Gasteiger charge is -2.23. The molecule has 0 radical (unpaired) electrons. The summed E-state index contributed by atoms with van der Waals surface area (Å²) in [7, 11) is 0. The minimum absolute atomic E-state index is 0.192. The van der Waals surface area contributed by atoms with E-state index in [1.165, 1.54) is 22.7 Å². The molecule has 0 aliphatic carbocycles. The molecule has 158 valence electrons. The highest BCUT2D eigenvalue weighted by Gasteiger charge is 2.33. The van der Waals surface area contributed by atoms with E-state index in [-0.39, 0.29) is 19.0 Å². The number of hydrogen-bond acceptors (Lipinski definition) is 8. The molecule has 5 rings (SSSR count). The zero-order valence-electron chi connectivity index (χ0n) is 16.8. The van der Waals surface area contributed by atoms with Gasteiger partial charge in [-0.25, -0.2) is 9.79 Å². The molecule has 1 aromatic carbocycles. The maximum absolute atomic E-state index is 13.4. The summed E-state index contributed by atoms with van der Waals surface area (Å²) in [6.07, 6.45) is 1.81. The number of hydrogen-bond donors (Lipinski definition) is 0. The molecule has 0 fully saturated rings. The molecule has 0 saturated carbocycles. The van der Waals surface area contributed by atoms with E-state index in [9.17, 15) is 9.59 Å². The summed E-state index contributed by atoms with van der Waals surface area (Å²) >= 11 is 2.79. The monoisotopic (exact) mass is 454 g/mol. The van der Waals surface area contributed by atoms with E-state index in [0.29, 0.717) is 32.1 Å². The molecule has 0 amide bonds. The summed E-state index contributed by atoms with van der Waals surface area (Å²) in [5, 5.41) is 1.93. The number of allylic oxidation sites excluding steroid dienone is 1. The Balaban J connectivity index is 1.68. The van der Waals surface area contributed by atoms with E-state index in [4.69, 9.17) is 14.2 Å². The number of aromatic nitrogens is 1. The van der Waals surface area contributed by atoms with E-state index in [2.05, 4.69) is 4.99 Å². The van der Waals surface area contributed by atoms with Crippen LogP contribution in [-0.2, 0) is 9.53 Å². The van der Waals surface area contributed by atoms with E-state index < -0.39 is 12.0 Å². The van der Waals surface area contributed by atoms with Crippen molar-refractivity contribution in [3.8, 4) is 11.5 Å². The van der Waals surface area contributed by atoms with Crippen molar-refractivity contribution < 1.29 is 19.0 Å². The minimum Gasteiger partial charge on any atom is -0.463 e. The van der Waals surface area contributed by atoms with Gasteiger partial charge in [0.25, 0.3) is 5.56 Å². The van der Waals surface area contributed by atoms with Gasteiger partial charge in [0.2, 0.25) is 6.79 Å². The normalized spacial score (nSPS) is 17.5. The summed E-state index contributed by atoms with van der Waals surface area (Å²) in [6.45, 7) is 3.98. The number of carbonyl (C=O) groups excluding carboxylic acids is 1. The van der Waals surface area contributed by atoms with Gasteiger partial charge in [0.1, 0.15) is 6.04 Å². The number of benzene rings is 1. The second-order valence-electron chi connectivity index (χ2n) is 6.93. The van der Waals surface area contributed by atoms with Crippen LogP contribution in [0, 0.1) is 0 Å². The number of esters is 1. The van der Waals surface area contributed by atoms with Crippen LogP contribution < -0.4 is 24.4 Å². The van der Waals surface area contributed by atoms with Crippen LogP contribution in [0.5, 0.6) is 11.5 Å². The van der Waals surface area contributed by atoms with Gasteiger partial charge in [0.05, 0.1) is 22.4 Å². The van der Waals surface area contributed by atoms with Gasteiger partial charge in [-0.05, 0) is 49.1 Å². The molecule has 0 bridgehead atoms. The first-order chi connectivity index (χ1) is 15.1.